The quantitative estimate of drug-likeness (QED) is 0.825. The van der Waals surface area contributed by atoms with Crippen molar-refractivity contribution in [2.24, 2.45) is 0 Å². The van der Waals surface area contributed by atoms with Crippen LogP contribution in [0.3, 0.4) is 0 Å². The summed E-state index contributed by atoms with van der Waals surface area (Å²) >= 11 is 0. The monoisotopic (exact) mass is 272 g/mol. The first kappa shape index (κ1) is 13.9. The summed E-state index contributed by atoms with van der Waals surface area (Å²) < 4.78 is 38.8. The van der Waals surface area contributed by atoms with E-state index >= 15 is 0 Å². The topological polar surface area (TPSA) is 41.1 Å². The van der Waals surface area contributed by atoms with E-state index in [1.807, 2.05) is 0 Å². The van der Waals surface area contributed by atoms with Crippen molar-refractivity contribution in [3.8, 4) is 0 Å². The standard InChI is InChI=1S/C13H15F3N2O/c14-9-5-8(6-10(15)12(9)16)7-18-11-3-1-2-4-17-13(11)19/h5-6,11,18H,1-4,7H2,(H,17,19). The lowest BCUT2D eigenvalue weighted by molar-refractivity contribution is -0.122. The molecular weight excluding hydrogens is 257 g/mol. The van der Waals surface area contributed by atoms with Gasteiger partial charge in [-0.05, 0) is 37.0 Å². The van der Waals surface area contributed by atoms with Crippen LogP contribution >= 0.6 is 0 Å². The molecule has 3 nitrogen and oxygen atoms in total. The van der Waals surface area contributed by atoms with E-state index in [9.17, 15) is 18.0 Å². The molecule has 0 radical (unpaired) electrons. The molecule has 1 fully saturated rings. The Labute approximate surface area is 109 Å². The molecular formula is C13H15F3N2O. The maximum Gasteiger partial charge on any atom is 0.237 e. The predicted molar refractivity (Wildman–Crippen MR) is 63.8 cm³/mol. The molecule has 0 aromatic heterocycles. The second kappa shape index (κ2) is 6.06. The summed E-state index contributed by atoms with van der Waals surface area (Å²) in [6.45, 7) is 0.767. The number of benzene rings is 1. The Morgan fingerprint density at radius 1 is 1.21 bits per heavy atom. The first-order valence-electron chi connectivity index (χ1n) is 6.22. The zero-order valence-electron chi connectivity index (χ0n) is 10.3. The van der Waals surface area contributed by atoms with Crippen LogP contribution in [-0.4, -0.2) is 18.5 Å². The smallest absolute Gasteiger partial charge is 0.237 e. The molecule has 0 saturated carbocycles. The Balaban J connectivity index is 2.00. The van der Waals surface area contributed by atoms with E-state index < -0.39 is 17.5 Å². The Bertz CT molecular complexity index is 456. The van der Waals surface area contributed by atoms with Crippen molar-refractivity contribution < 1.29 is 18.0 Å². The Kier molecular flexibility index (Phi) is 4.42. The van der Waals surface area contributed by atoms with Gasteiger partial charge in [0, 0.05) is 13.1 Å². The zero-order valence-corrected chi connectivity index (χ0v) is 10.3. The van der Waals surface area contributed by atoms with E-state index in [1.54, 1.807) is 0 Å². The van der Waals surface area contributed by atoms with Gasteiger partial charge in [-0.2, -0.15) is 0 Å². The van der Waals surface area contributed by atoms with Crippen molar-refractivity contribution in [1.82, 2.24) is 10.6 Å². The SMILES string of the molecule is O=C1NCCCCC1NCc1cc(F)c(F)c(F)c1. The normalized spacial score (nSPS) is 19.9. The van der Waals surface area contributed by atoms with Crippen LogP contribution in [0.1, 0.15) is 24.8 Å². The summed E-state index contributed by atoms with van der Waals surface area (Å²) in [6, 6.07) is 1.48. The molecule has 0 aliphatic carbocycles. The minimum atomic E-state index is -1.48. The van der Waals surface area contributed by atoms with E-state index in [1.165, 1.54) is 0 Å². The van der Waals surface area contributed by atoms with Gasteiger partial charge in [0.15, 0.2) is 17.5 Å². The predicted octanol–water partition coefficient (Wildman–Crippen LogP) is 1.86. The lowest BCUT2D eigenvalue weighted by Crippen LogP contribution is -2.42. The van der Waals surface area contributed by atoms with Gasteiger partial charge < -0.3 is 10.6 Å². The molecule has 1 atom stereocenters. The second-order valence-electron chi connectivity index (χ2n) is 4.59. The third kappa shape index (κ3) is 3.47. The minimum Gasteiger partial charge on any atom is -0.355 e. The molecule has 0 spiro atoms. The average Bonchev–Trinajstić information content (AvgIpc) is 2.58. The van der Waals surface area contributed by atoms with Crippen LogP contribution in [0.15, 0.2) is 12.1 Å². The van der Waals surface area contributed by atoms with Gasteiger partial charge in [0.2, 0.25) is 5.91 Å². The second-order valence-corrected chi connectivity index (χ2v) is 4.59. The van der Waals surface area contributed by atoms with E-state index in [0.717, 1.165) is 25.0 Å². The highest BCUT2D eigenvalue weighted by atomic mass is 19.2. The maximum absolute atomic E-state index is 13.0. The van der Waals surface area contributed by atoms with Crippen LogP contribution < -0.4 is 10.6 Å². The molecule has 2 rings (SSSR count). The molecule has 2 N–H and O–H groups in total. The summed E-state index contributed by atoms with van der Waals surface area (Å²) in [7, 11) is 0. The third-order valence-electron chi connectivity index (χ3n) is 3.13. The summed E-state index contributed by atoms with van der Waals surface area (Å²) in [5.41, 5.74) is 0.272. The van der Waals surface area contributed by atoms with Crippen LogP contribution in [0.25, 0.3) is 0 Å². The Morgan fingerprint density at radius 2 is 1.89 bits per heavy atom. The van der Waals surface area contributed by atoms with Gasteiger partial charge >= 0.3 is 0 Å². The lowest BCUT2D eigenvalue weighted by Gasteiger charge is -2.15. The Hall–Kier alpha value is -1.56. The molecule has 1 unspecified atom stereocenters. The van der Waals surface area contributed by atoms with E-state index in [-0.39, 0.29) is 24.1 Å². The molecule has 0 bridgehead atoms. The highest BCUT2D eigenvalue weighted by Gasteiger charge is 2.20. The van der Waals surface area contributed by atoms with Crippen LogP contribution in [-0.2, 0) is 11.3 Å². The number of carbonyl (C=O) groups is 1. The van der Waals surface area contributed by atoms with Crippen LogP contribution in [0.5, 0.6) is 0 Å². The van der Waals surface area contributed by atoms with Gasteiger partial charge in [0.05, 0.1) is 6.04 Å². The number of amides is 1. The third-order valence-corrected chi connectivity index (χ3v) is 3.13. The molecule has 1 aliphatic heterocycles. The van der Waals surface area contributed by atoms with Crippen molar-refractivity contribution in [3.05, 3.63) is 35.1 Å². The fraction of sp³-hybridized carbons (Fsp3) is 0.462. The molecule has 1 heterocycles. The van der Waals surface area contributed by atoms with Crippen molar-refractivity contribution in [3.63, 3.8) is 0 Å². The maximum atomic E-state index is 13.0. The summed E-state index contributed by atoms with van der Waals surface area (Å²) in [6.07, 6.45) is 2.50. The summed E-state index contributed by atoms with van der Waals surface area (Å²) in [4.78, 5) is 11.6. The lowest BCUT2D eigenvalue weighted by atomic mass is 10.1. The fourth-order valence-corrected chi connectivity index (χ4v) is 2.09. The molecule has 104 valence electrons. The van der Waals surface area contributed by atoms with Gasteiger partial charge in [-0.3, -0.25) is 4.79 Å². The van der Waals surface area contributed by atoms with Crippen LogP contribution in [0.2, 0.25) is 0 Å². The molecule has 1 saturated heterocycles. The van der Waals surface area contributed by atoms with Crippen LogP contribution in [0.4, 0.5) is 13.2 Å². The van der Waals surface area contributed by atoms with Gasteiger partial charge in [-0.15, -0.1) is 0 Å². The number of carbonyl (C=O) groups excluding carboxylic acids is 1. The van der Waals surface area contributed by atoms with E-state index in [2.05, 4.69) is 10.6 Å². The Morgan fingerprint density at radius 3 is 2.58 bits per heavy atom. The molecule has 19 heavy (non-hydrogen) atoms. The van der Waals surface area contributed by atoms with Gasteiger partial charge in [-0.1, -0.05) is 0 Å². The summed E-state index contributed by atoms with van der Waals surface area (Å²) in [5.74, 6) is -4.03. The van der Waals surface area contributed by atoms with Crippen molar-refractivity contribution in [2.45, 2.75) is 31.8 Å². The first-order chi connectivity index (χ1) is 9.08. The molecule has 1 aliphatic rings. The largest absolute Gasteiger partial charge is 0.355 e. The van der Waals surface area contributed by atoms with Gasteiger partial charge in [0.1, 0.15) is 0 Å². The molecule has 1 aromatic rings. The van der Waals surface area contributed by atoms with Crippen molar-refractivity contribution in [2.75, 3.05) is 6.54 Å². The van der Waals surface area contributed by atoms with Crippen molar-refractivity contribution in [1.29, 1.82) is 0 Å². The van der Waals surface area contributed by atoms with Crippen molar-refractivity contribution >= 4 is 5.91 Å². The number of hydrogen-bond acceptors (Lipinski definition) is 2. The van der Waals surface area contributed by atoms with Gasteiger partial charge in [0.25, 0.3) is 0 Å². The van der Waals surface area contributed by atoms with Crippen LogP contribution in [0, 0.1) is 17.5 Å². The number of rotatable bonds is 3. The molecule has 1 amide bonds. The zero-order chi connectivity index (χ0) is 13.8. The minimum absolute atomic E-state index is 0.111. The highest BCUT2D eigenvalue weighted by Crippen LogP contribution is 2.14. The fourth-order valence-electron chi connectivity index (χ4n) is 2.09. The highest BCUT2D eigenvalue weighted by molar-refractivity contribution is 5.81. The first-order valence-corrected chi connectivity index (χ1v) is 6.22. The van der Waals surface area contributed by atoms with Gasteiger partial charge in [-0.25, -0.2) is 13.2 Å². The average molecular weight is 272 g/mol. The molecule has 6 heteroatoms. The summed E-state index contributed by atoms with van der Waals surface area (Å²) in [5, 5.41) is 5.69. The van der Waals surface area contributed by atoms with E-state index in [4.69, 9.17) is 0 Å². The molecule has 1 aromatic carbocycles. The number of nitrogens with one attached hydrogen (secondary N) is 2. The van der Waals surface area contributed by atoms with E-state index in [0.29, 0.717) is 13.0 Å². The number of hydrogen-bond donors (Lipinski definition) is 2. The number of halogens is 3.